The second-order valence-corrected chi connectivity index (χ2v) is 27.0. The molecule has 0 spiro atoms. The van der Waals surface area contributed by atoms with Crippen molar-refractivity contribution < 1.29 is 13.4 Å². The lowest BCUT2D eigenvalue weighted by Crippen LogP contribution is -2.49. The Morgan fingerprint density at radius 1 is 0.923 bits per heavy atom. The highest BCUT2D eigenvalue weighted by molar-refractivity contribution is 7.75. The van der Waals surface area contributed by atoms with E-state index >= 15 is 0 Å². The molecule has 0 aromatic heterocycles. The van der Waals surface area contributed by atoms with Crippen LogP contribution >= 0.6 is 7.14 Å². The van der Waals surface area contributed by atoms with Crippen LogP contribution in [0.1, 0.15) is 67.7 Å². The molecule has 2 aliphatic rings. The Kier molecular flexibility index (Phi) is 9.57. The topological polar surface area (TPSA) is 35.5 Å². The van der Waals surface area contributed by atoms with Gasteiger partial charge in [0.15, 0.2) is 16.6 Å². The third-order valence-corrected chi connectivity index (χ3v) is 21.8. The molecule has 3 nitrogen and oxygen atoms in total. The quantitative estimate of drug-likeness (QED) is 0.236. The smallest absolute Gasteiger partial charge is 0.192 e. The summed E-state index contributed by atoms with van der Waals surface area (Å²) in [5, 5.41) is 2.12. The summed E-state index contributed by atoms with van der Waals surface area (Å²) < 4.78 is 28.9. The standard InChI is InChI=1S/C33H53O3PSi2/c1-13-37(34,27-19-15-14-16-20-27)31-22-18-17-21-28(31)29-23-26(35-38(9,10)32(3,4)5)24-30(25(29)2)36-39(11,12)33(6,7)8/h14-20,22,26,30H,2,13,21,23-24H2,1,3-12H3/t26-,30+,37?/m1/s1. The van der Waals surface area contributed by atoms with Gasteiger partial charge in [0.1, 0.15) is 7.14 Å². The van der Waals surface area contributed by atoms with Gasteiger partial charge in [-0.05, 0) is 65.8 Å². The van der Waals surface area contributed by atoms with Crippen molar-refractivity contribution >= 4 is 29.1 Å². The largest absolute Gasteiger partial charge is 0.413 e. The average molecular weight is 585 g/mol. The molecule has 39 heavy (non-hydrogen) atoms. The molecule has 3 rings (SSSR count). The van der Waals surface area contributed by atoms with Crippen molar-refractivity contribution in [3.05, 3.63) is 77.2 Å². The second kappa shape index (κ2) is 11.6. The Morgan fingerprint density at radius 3 is 2.03 bits per heavy atom. The Hall–Kier alpha value is -1.24. The van der Waals surface area contributed by atoms with Crippen molar-refractivity contribution in [2.24, 2.45) is 0 Å². The summed E-state index contributed by atoms with van der Waals surface area (Å²) in [4.78, 5) is 0. The van der Waals surface area contributed by atoms with E-state index < -0.39 is 23.8 Å². The highest BCUT2D eigenvalue weighted by Crippen LogP contribution is 2.58. The van der Waals surface area contributed by atoms with Gasteiger partial charge in [-0.15, -0.1) is 0 Å². The van der Waals surface area contributed by atoms with Gasteiger partial charge in [-0.25, -0.2) is 0 Å². The van der Waals surface area contributed by atoms with Crippen molar-refractivity contribution in [2.75, 3.05) is 6.16 Å². The molecule has 6 heteroatoms. The Labute approximate surface area is 241 Å². The predicted molar refractivity (Wildman–Crippen MR) is 176 cm³/mol. The van der Waals surface area contributed by atoms with Crippen molar-refractivity contribution in [1.82, 2.24) is 0 Å². The van der Waals surface area contributed by atoms with E-state index in [9.17, 15) is 4.57 Å². The van der Waals surface area contributed by atoms with Crippen molar-refractivity contribution in [2.45, 2.75) is 116 Å². The van der Waals surface area contributed by atoms with Gasteiger partial charge in [0.25, 0.3) is 0 Å². The minimum absolute atomic E-state index is 0.0542. The van der Waals surface area contributed by atoms with Crippen LogP contribution in [0.5, 0.6) is 0 Å². The molecule has 0 radical (unpaired) electrons. The van der Waals surface area contributed by atoms with Gasteiger partial charge >= 0.3 is 0 Å². The molecule has 0 N–H and O–H groups in total. The van der Waals surface area contributed by atoms with Gasteiger partial charge < -0.3 is 13.4 Å². The Balaban J connectivity index is 2.15. The van der Waals surface area contributed by atoms with Crippen molar-refractivity contribution in [1.29, 1.82) is 0 Å². The van der Waals surface area contributed by atoms with Gasteiger partial charge in [0.05, 0.1) is 12.2 Å². The molecule has 3 atom stereocenters. The summed E-state index contributed by atoms with van der Waals surface area (Å²) in [6, 6.07) is 10.0. The van der Waals surface area contributed by atoms with Crippen LogP contribution in [-0.2, 0) is 13.4 Å². The van der Waals surface area contributed by atoms with Crippen LogP contribution in [0.15, 0.2) is 77.2 Å². The van der Waals surface area contributed by atoms with Gasteiger partial charge in [-0.3, -0.25) is 0 Å². The lowest BCUT2D eigenvalue weighted by atomic mass is 9.82. The third kappa shape index (κ3) is 6.81. The summed E-state index contributed by atoms with van der Waals surface area (Å²) >= 11 is 0. The molecule has 0 saturated heterocycles. The van der Waals surface area contributed by atoms with Crippen molar-refractivity contribution in [3.63, 3.8) is 0 Å². The molecular weight excluding hydrogens is 532 g/mol. The van der Waals surface area contributed by atoms with E-state index in [0.717, 1.165) is 35.5 Å². The van der Waals surface area contributed by atoms with Gasteiger partial charge in [-0.2, -0.15) is 0 Å². The number of allylic oxidation sites excluding steroid dienone is 5. The van der Waals surface area contributed by atoms with Crippen LogP contribution < -0.4 is 5.30 Å². The molecular formula is C33H53O3PSi2. The number of benzene rings is 1. The second-order valence-electron chi connectivity index (χ2n) is 14.4. The van der Waals surface area contributed by atoms with Crippen LogP contribution in [0, 0.1) is 0 Å². The maximum absolute atomic E-state index is 14.8. The van der Waals surface area contributed by atoms with E-state index in [1.54, 1.807) is 0 Å². The van der Waals surface area contributed by atoms with E-state index in [2.05, 4.69) is 99.5 Å². The van der Waals surface area contributed by atoms with E-state index in [-0.39, 0.29) is 22.3 Å². The number of hydrogen-bond donors (Lipinski definition) is 0. The SMILES string of the molecule is C=C1C(=C2CC=CC=C2P(=O)(CC)c2ccccc2)C[C@@H](O[Si](C)(C)C(C)(C)C)C[C@@H]1O[Si](C)(C)C(C)(C)C. The van der Waals surface area contributed by atoms with Gasteiger partial charge in [0.2, 0.25) is 0 Å². The third-order valence-electron chi connectivity index (χ3n) is 9.59. The van der Waals surface area contributed by atoms with Gasteiger partial charge in [0, 0.05) is 23.2 Å². The van der Waals surface area contributed by atoms with Crippen LogP contribution in [0.2, 0.25) is 36.3 Å². The molecule has 0 bridgehead atoms. The van der Waals surface area contributed by atoms with Crippen LogP contribution in [0.4, 0.5) is 0 Å². The normalized spacial score (nSPS) is 24.9. The molecule has 1 unspecified atom stereocenters. The first kappa shape index (κ1) is 32.3. The Morgan fingerprint density at radius 2 is 1.49 bits per heavy atom. The zero-order chi connectivity index (χ0) is 29.4. The highest BCUT2D eigenvalue weighted by Gasteiger charge is 2.45. The minimum atomic E-state index is -2.81. The molecule has 216 valence electrons. The summed E-state index contributed by atoms with van der Waals surface area (Å²) in [6.45, 7) is 29.8. The van der Waals surface area contributed by atoms with Gasteiger partial charge in [-0.1, -0.05) is 104 Å². The summed E-state index contributed by atoms with van der Waals surface area (Å²) in [5.41, 5.74) is 3.43. The van der Waals surface area contributed by atoms with Crippen LogP contribution in [0.3, 0.4) is 0 Å². The maximum Gasteiger partial charge on any atom is 0.192 e. The summed E-state index contributed by atoms with van der Waals surface area (Å²) in [6.07, 6.45) is 9.29. The first-order valence-corrected chi connectivity index (χ1v) is 22.3. The first-order valence-electron chi connectivity index (χ1n) is 14.6. The van der Waals surface area contributed by atoms with Crippen molar-refractivity contribution in [3.8, 4) is 0 Å². The maximum atomic E-state index is 14.8. The Bertz CT molecular complexity index is 1190. The average Bonchev–Trinajstić information content (AvgIpc) is 2.84. The van der Waals surface area contributed by atoms with E-state index in [1.807, 2.05) is 30.3 Å². The zero-order valence-corrected chi connectivity index (χ0v) is 29.4. The fourth-order valence-electron chi connectivity index (χ4n) is 5.00. The number of hydrogen-bond acceptors (Lipinski definition) is 3. The summed E-state index contributed by atoms with van der Waals surface area (Å²) in [5.74, 6) is 0. The lowest BCUT2D eigenvalue weighted by molar-refractivity contribution is 0.0966. The fourth-order valence-corrected chi connectivity index (χ4v) is 10.3. The predicted octanol–water partition coefficient (Wildman–Crippen LogP) is 9.97. The molecule has 0 heterocycles. The monoisotopic (exact) mass is 584 g/mol. The van der Waals surface area contributed by atoms with Crippen LogP contribution in [0.25, 0.3) is 0 Å². The molecule has 0 aliphatic heterocycles. The van der Waals surface area contributed by atoms with Crippen LogP contribution in [-0.4, -0.2) is 35.0 Å². The zero-order valence-electron chi connectivity index (χ0n) is 26.5. The highest BCUT2D eigenvalue weighted by atomic mass is 31.2. The van der Waals surface area contributed by atoms with E-state index in [0.29, 0.717) is 6.16 Å². The van der Waals surface area contributed by atoms with E-state index in [4.69, 9.17) is 8.85 Å². The lowest BCUT2D eigenvalue weighted by Gasteiger charge is -2.46. The van der Waals surface area contributed by atoms with E-state index in [1.165, 1.54) is 11.1 Å². The molecule has 2 aliphatic carbocycles. The fraction of sp³-hybridized carbons (Fsp3) is 0.576. The molecule has 1 fully saturated rings. The number of rotatable bonds is 7. The molecule has 1 saturated carbocycles. The molecule has 1 aromatic carbocycles. The minimum Gasteiger partial charge on any atom is -0.413 e. The molecule has 0 amide bonds. The molecule has 1 aromatic rings. The summed E-state index contributed by atoms with van der Waals surface area (Å²) in [7, 11) is -6.88. The first-order chi connectivity index (χ1) is 17.8.